The second-order valence-corrected chi connectivity index (χ2v) is 8.20. The van der Waals surface area contributed by atoms with Crippen molar-refractivity contribution < 1.29 is 9.59 Å². The van der Waals surface area contributed by atoms with Crippen LogP contribution in [-0.2, 0) is 4.79 Å². The summed E-state index contributed by atoms with van der Waals surface area (Å²) in [7, 11) is 0. The molecular formula is C23H30ClN3O2. The SMILES string of the molecule is CC(C)=CCCC1=CCC(/C=N/NC(=O)CNC(=O)c2ccc(Cl)cc2)C(C)C1. The Balaban J connectivity index is 1.72. The van der Waals surface area contributed by atoms with Gasteiger partial charge < -0.3 is 5.32 Å². The molecular weight excluding hydrogens is 386 g/mol. The number of amides is 2. The second kappa shape index (κ2) is 11.6. The summed E-state index contributed by atoms with van der Waals surface area (Å²) >= 11 is 5.80. The molecule has 0 fully saturated rings. The summed E-state index contributed by atoms with van der Waals surface area (Å²) in [6.07, 6.45) is 10.6. The first kappa shape index (κ1) is 22.9. The topological polar surface area (TPSA) is 70.6 Å². The Labute approximate surface area is 178 Å². The van der Waals surface area contributed by atoms with Crippen LogP contribution in [0.4, 0.5) is 0 Å². The minimum Gasteiger partial charge on any atom is -0.343 e. The lowest BCUT2D eigenvalue weighted by Crippen LogP contribution is -2.35. The van der Waals surface area contributed by atoms with E-state index in [1.54, 1.807) is 24.3 Å². The fraction of sp³-hybridized carbons (Fsp3) is 0.435. The van der Waals surface area contributed by atoms with E-state index < -0.39 is 0 Å². The number of carbonyl (C=O) groups excluding carboxylic acids is 2. The Morgan fingerprint density at radius 1 is 1.24 bits per heavy atom. The average Bonchev–Trinajstić information content (AvgIpc) is 2.68. The van der Waals surface area contributed by atoms with Gasteiger partial charge in [-0.25, -0.2) is 5.43 Å². The van der Waals surface area contributed by atoms with Crippen molar-refractivity contribution in [3.05, 3.63) is 58.1 Å². The highest BCUT2D eigenvalue weighted by atomic mass is 35.5. The van der Waals surface area contributed by atoms with Gasteiger partial charge in [0.15, 0.2) is 0 Å². The van der Waals surface area contributed by atoms with Crippen molar-refractivity contribution in [3.8, 4) is 0 Å². The van der Waals surface area contributed by atoms with Crippen molar-refractivity contribution in [1.82, 2.24) is 10.7 Å². The van der Waals surface area contributed by atoms with Gasteiger partial charge in [-0.05, 0) is 69.7 Å². The molecule has 6 heteroatoms. The summed E-state index contributed by atoms with van der Waals surface area (Å²) in [6, 6.07) is 6.49. The van der Waals surface area contributed by atoms with Crippen molar-refractivity contribution in [1.29, 1.82) is 0 Å². The quantitative estimate of drug-likeness (QED) is 0.360. The van der Waals surface area contributed by atoms with Gasteiger partial charge in [0.1, 0.15) is 0 Å². The third-order valence-corrected chi connectivity index (χ3v) is 5.23. The van der Waals surface area contributed by atoms with E-state index >= 15 is 0 Å². The molecule has 1 aliphatic carbocycles. The van der Waals surface area contributed by atoms with Crippen molar-refractivity contribution in [2.75, 3.05) is 6.54 Å². The van der Waals surface area contributed by atoms with Gasteiger partial charge >= 0.3 is 0 Å². The molecule has 0 spiro atoms. The Bertz CT molecular complexity index is 793. The minimum absolute atomic E-state index is 0.132. The van der Waals surface area contributed by atoms with Crippen LogP contribution in [0.1, 0.15) is 56.8 Å². The number of hydrogen-bond acceptors (Lipinski definition) is 3. The van der Waals surface area contributed by atoms with Gasteiger partial charge in [0.05, 0.1) is 6.54 Å². The zero-order valence-corrected chi connectivity index (χ0v) is 18.1. The molecule has 2 atom stereocenters. The minimum atomic E-state index is -0.357. The lowest BCUT2D eigenvalue weighted by molar-refractivity contribution is -0.120. The molecule has 0 heterocycles. The van der Waals surface area contributed by atoms with Crippen LogP contribution in [0.25, 0.3) is 0 Å². The number of carbonyl (C=O) groups is 2. The zero-order chi connectivity index (χ0) is 21.2. The highest BCUT2D eigenvalue weighted by Crippen LogP contribution is 2.30. The van der Waals surface area contributed by atoms with Crippen LogP contribution in [0.2, 0.25) is 5.02 Å². The number of hydrazone groups is 1. The standard InChI is InChI=1S/C23H30ClN3O2/c1-16(2)5-4-6-18-7-8-20(17(3)13-18)14-26-27-22(28)15-25-23(29)19-9-11-21(24)12-10-19/h5,7,9-12,14,17,20H,4,6,8,13,15H2,1-3H3,(H,25,29)(H,27,28)/b26-14+. The summed E-state index contributed by atoms with van der Waals surface area (Å²) in [5.41, 5.74) is 5.81. The number of rotatable bonds is 8. The molecule has 1 aliphatic rings. The van der Waals surface area contributed by atoms with Crippen LogP contribution >= 0.6 is 11.6 Å². The van der Waals surface area contributed by atoms with Crippen molar-refractivity contribution in [2.45, 2.75) is 46.5 Å². The smallest absolute Gasteiger partial charge is 0.259 e. The number of allylic oxidation sites excluding steroid dienone is 4. The molecule has 1 aromatic rings. The van der Waals surface area contributed by atoms with Crippen LogP contribution in [0.5, 0.6) is 0 Å². The Morgan fingerprint density at radius 2 is 1.97 bits per heavy atom. The maximum absolute atomic E-state index is 12.0. The molecule has 0 saturated carbocycles. The van der Waals surface area contributed by atoms with E-state index in [0.29, 0.717) is 22.4 Å². The lowest BCUT2D eigenvalue weighted by atomic mass is 9.80. The van der Waals surface area contributed by atoms with E-state index in [1.807, 2.05) is 6.21 Å². The van der Waals surface area contributed by atoms with Crippen LogP contribution in [0.3, 0.4) is 0 Å². The summed E-state index contributed by atoms with van der Waals surface area (Å²) in [4.78, 5) is 23.9. The van der Waals surface area contributed by atoms with Gasteiger partial charge in [-0.1, -0.05) is 41.8 Å². The van der Waals surface area contributed by atoms with Crippen LogP contribution < -0.4 is 10.7 Å². The average molecular weight is 416 g/mol. The van der Waals surface area contributed by atoms with E-state index in [-0.39, 0.29) is 18.4 Å². The molecule has 2 unspecified atom stereocenters. The van der Waals surface area contributed by atoms with Crippen LogP contribution in [-0.4, -0.2) is 24.6 Å². The highest BCUT2D eigenvalue weighted by Gasteiger charge is 2.20. The monoisotopic (exact) mass is 415 g/mol. The molecule has 156 valence electrons. The maximum atomic E-state index is 12.0. The molecule has 0 radical (unpaired) electrons. The zero-order valence-electron chi connectivity index (χ0n) is 17.4. The van der Waals surface area contributed by atoms with Gasteiger partial charge in [-0.15, -0.1) is 0 Å². The summed E-state index contributed by atoms with van der Waals surface area (Å²) in [5.74, 6) is 0.121. The van der Waals surface area contributed by atoms with Gasteiger partial charge in [-0.3, -0.25) is 9.59 Å². The molecule has 0 saturated heterocycles. The summed E-state index contributed by atoms with van der Waals surface area (Å²) < 4.78 is 0. The molecule has 29 heavy (non-hydrogen) atoms. The fourth-order valence-electron chi connectivity index (χ4n) is 3.25. The third-order valence-electron chi connectivity index (χ3n) is 4.98. The second-order valence-electron chi connectivity index (χ2n) is 7.77. The maximum Gasteiger partial charge on any atom is 0.259 e. The predicted octanol–water partition coefficient (Wildman–Crippen LogP) is 4.89. The Morgan fingerprint density at radius 3 is 2.62 bits per heavy atom. The third kappa shape index (κ3) is 8.24. The van der Waals surface area contributed by atoms with Crippen molar-refractivity contribution in [2.24, 2.45) is 16.9 Å². The van der Waals surface area contributed by atoms with Crippen molar-refractivity contribution >= 4 is 29.6 Å². The van der Waals surface area contributed by atoms with E-state index in [2.05, 4.69) is 48.8 Å². The Kier molecular flexibility index (Phi) is 9.13. The molecule has 0 aromatic heterocycles. The van der Waals surface area contributed by atoms with E-state index in [4.69, 9.17) is 11.6 Å². The van der Waals surface area contributed by atoms with E-state index in [9.17, 15) is 9.59 Å². The summed E-state index contributed by atoms with van der Waals surface area (Å²) in [5, 5.41) is 7.21. The summed E-state index contributed by atoms with van der Waals surface area (Å²) in [6.45, 7) is 6.34. The molecule has 2 rings (SSSR count). The molecule has 1 aromatic carbocycles. The largest absolute Gasteiger partial charge is 0.343 e. The van der Waals surface area contributed by atoms with Crippen LogP contribution in [0.15, 0.2) is 52.7 Å². The first-order chi connectivity index (χ1) is 13.8. The number of hydrogen-bond donors (Lipinski definition) is 2. The predicted molar refractivity (Wildman–Crippen MR) is 119 cm³/mol. The molecule has 2 amide bonds. The fourth-order valence-corrected chi connectivity index (χ4v) is 3.38. The van der Waals surface area contributed by atoms with Gasteiger partial charge in [0, 0.05) is 22.7 Å². The van der Waals surface area contributed by atoms with E-state index in [1.165, 1.54) is 11.1 Å². The molecule has 0 bridgehead atoms. The first-order valence-electron chi connectivity index (χ1n) is 10.0. The van der Waals surface area contributed by atoms with Gasteiger partial charge in [0.25, 0.3) is 11.8 Å². The normalized spacial score (nSPS) is 18.8. The van der Waals surface area contributed by atoms with Crippen molar-refractivity contribution in [3.63, 3.8) is 0 Å². The molecule has 0 aliphatic heterocycles. The number of benzene rings is 1. The molecule has 2 N–H and O–H groups in total. The lowest BCUT2D eigenvalue weighted by Gasteiger charge is -2.25. The number of nitrogens with zero attached hydrogens (tertiary/aromatic N) is 1. The Hall–Kier alpha value is -2.40. The van der Waals surface area contributed by atoms with E-state index in [0.717, 1.165) is 25.7 Å². The molecule has 5 nitrogen and oxygen atoms in total. The van der Waals surface area contributed by atoms with Crippen LogP contribution in [0, 0.1) is 11.8 Å². The number of halogens is 1. The first-order valence-corrected chi connectivity index (χ1v) is 10.4. The van der Waals surface area contributed by atoms with Gasteiger partial charge in [-0.2, -0.15) is 5.10 Å². The van der Waals surface area contributed by atoms with Gasteiger partial charge in [0.2, 0.25) is 0 Å². The number of nitrogens with one attached hydrogen (secondary N) is 2. The highest BCUT2D eigenvalue weighted by molar-refractivity contribution is 6.30.